The predicted octanol–water partition coefficient (Wildman–Crippen LogP) is 4.54. The number of nitrogens with zero attached hydrogens (tertiary/aromatic N) is 1. The fourth-order valence-corrected chi connectivity index (χ4v) is 4.11. The summed E-state index contributed by atoms with van der Waals surface area (Å²) in [5, 5.41) is 0. The van der Waals surface area contributed by atoms with E-state index < -0.39 is 10.0 Å². The highest BCUT2D eigenvalue weighted by Gasteiger charge is 2.25. The van der Waals surface area contributed by atoms with Gasteiger partial charge in [0.1, 0.15) is 11.6 Å². The van der Waals surface area contributed by atoms with E-state index in [1.165, 1.54) is 16.4 Å². The molecule has 3 aromatic carbocycles. The first-order valence-electron chi connectivity index (χ1n) is 8.38. The van der Waals surface area contributed by atoms with Gasteiger partial charge in [-0.1, -0.05) is 29.8 Å². The summed E-state index contributed by atoms with van der Waals surface area (Å²) in [4.78, 5) is 0.200. The Morgan fingerprint density at radius 1 is 0.889 bits per heavy atom. The summed E-state index contributed by atoms with van der Waals surface area (Å²) < 4.78 is 46.3. The van der Waals surface area contributed by atoms with Gasteiger partial charge in [-0.2, -0.15) is 0 Å². The van der Waals surface area contributed by atoms with Crippen LogP contribution >= 0.6 is 0 Å². The van der Waals surface area contributed by atoms with Crippen molar-refractivity contribution < 1.29 is 17.5 Å². The number of aryl methyl sites for hydroxylation is 1. The summed E-state index contributed by atoms with van der Waals surface area (Å²) in [6.07, 6.45) is 0. The number of anilines is 1. The van der Waals surface area contributed by atoms with Gasteiger partial charge in [0.05, 0.1) is 24.2 Å². The van der Waals surface area contributed by atoms with Crippen molar-refractivity contribution in [3.8, 4) is 5.75 Å². The Bertz CT molecular complexity index is 999. The summed E-state index contributed by atoms with van der Waals surface area (Å²) in [5.41, 5.74) is 2.16. The second-order valence-corrected chi connectivity index (χ2v) is 8.01. The monoisotopic (exact) mass is 385 g/mol. The first-order valence-corrected chi connectivity index (χ1v) is 9.82. The highest BCUT2D eigenvalue weighted by Crippen LogP contribution is 2.28. The van der Waals surface area contributed by atoms with Crippen molar-refractivity contribution in [3.05, 3.63) is 89.7 Å². The lowest BCUT2D eigenvalue weighted by molar-refractivity contribution is 0.415. The first kappa shape index (κ1) is 18.9. The molecular formula is C21H20FNO3S. The van der Waals surface area contributed by atoms with E-state index in [-0.39, 0.29) is 17.3 Å². The minimum atomic E-state index is -3.80. The van der Waals surface area contributed by atoms with E-state index in [1.54, 1.807) is 67.8 Å². The van der Waals surface area contributed by atoms with Gasteiger partial charge < -0.3 is 4.74 Å². The van der Waals surface area contributed by atoms with Crippen LogP contribution in [-0.4, -0.2) is 15.5 Å². The second-order valence-electron chi connectivity index (χ2n) is 6.15. The summed E-state index contributed by atoms with van der Waals surface area (Å²) in [6, 6.07) is 19.3. The van der Waals surface area contributed by atoms with E-state index in [9.17, 15) is 12.8 Å². The molecule has 0 atom stereocenters. The fraction of sp³-hybridized carbons (Fsp3) is 0.143. The Morgan fingerprint density at radius 3 is 2.04 bits per heavy atom. The molecule has 0 radical (unpaired) electrons. The van der Waals surface area contributed by atoms with Crippen molar-refractivity contribution >= 4 is 15.7 Å². The van der Waals surface area contributed by atoms with Gasteiger partial charge in [0.25, 0.3) is 10.0 Å². The van der Waals surface area contributed by atoms with Crippen molar-refractivity contribution in [1.29, 1.82) is 0 Å². The van der Waals surface area contributed by atoms with Crippen LogP contribution in [0, 0.1) is 12.7 Å². The molecule has 0 bridgehead atoms. The second kappa shape index (κ2) is 7.80. The van der Waals surface area contributed by atoms with E-state index >= 15 is 0 Å². The molecule has 0 N–H and O–H groups in total. The molecule has 0 amide bonds. The van der Waals surface area contributed by atoms with Gasteiger partial charge in [-0.05, 0) is 61.0 Å². The molecule has 0 saturated carbocycles. The number of hydrogen-bond acceptors (Lipinski definition) is 3. The number of hydrogen-bond donors (Lipinski definition) is 0. The zero-order valence-electron chi connectivity index (χ0n) is 15.1. The molecule has 3 rings (SSSR count). The number of methoxy groups -OCH3 is 1. The van der Waals surface area contributed by atoms with Crippen LogP contribution in [0.5, 0.6) is 5.75 Å². The van der Waals surface area contributed by atoms with Crippen LogP contribution in [0.15, 0.2) is 77.7 Å². The Hall–Kier alpha value is -2.86. The van der Waals surface area contributed by atoms with Gasteiger partial charge in [0.15, 0.2) is 0 Å². The largest absolute Gasteiger partial charge is 0.497 e. The standard InChI is InChI=1S/C21H20FNO3S/c1-16-3-13-21(14-4-16)27(24,25)23(15-17-5-7-18(22)8-6-17)19-9-11-20(26-2)12-10-19/h3-14H,15H2,1-2H3. The maximum absolute atomic E-state index is 13.3. The molecule has 27 heavy (non-hydrogen) atoms. The molecule has 0 aliphatic carbocycles. The molecule has 0 unspecified atom stereocenters. The number of benzene rings is 3. The zero-order valence-corrected chi connectivity index (χ0v) is 15.9. The smallest absolute Gasteiger partial charge is 0.264 e. The molecule has 0 aliphatic rings. The Balaban J connectivity index is 2.04. The van der Waals surface area contributed by atoms with Crippen LogP contribution in [0.25, 0.3) is 0 Å². The summed E-state index contributed by atoms with van der Waals surface area (Å²) >= 11 is 0. The van der Waals surface area contributed by atoms with Crippen molar-refractivity contribution in [3.63, 3.8) is 0 Å². The summed E-state index contributed by atoms with van der Waals surface area (Å²) in [6.45, 7) is 1.99. The SMILES string of the molecule is COc1ccc(N(Cc2ccc(F)cc2)S(=O)(=O)c2ccc(C)cc2)cc1. The minimum Gasteiger partial charge on any atom is -0.497 e. The average Bonchev–Trinajstić information content (AvgIpc) is 2.68. The quantitative estimate of drug-likeness (QED) is 0.626. The van der Waals surface area contributed by atoms with Crippen LogP contribution < -0.4 is 9.04 Å². The topological polar surface area (TPSA) is 46.6 Å². The Labute approximate surface area is 158 Å². The van der Waals surface area contributed by atoms with E-state index in [0.29, 0.717) is 17.0 Å². The molecule has 6 heteroatoms. The van der Waals surface area contributed by atoms with E-state index in [4.69, 9.17) is 4.74 Å². The van der Waals surface area contributed by atoms with Gasteiger partial charge in [0.2, 0.25) is 0 Å². The van der Waals surface area contributed by atoms with Gasteiger partial charge in [-0.25, -0.2) is 12.8 Å². The van der Waals surface area contributed by atoms with Gasteiger partial charge in [-0.15, -0.1) is 0 Å². The van der Waals surface area contributed by atoms with Crippen molar-refractivity contribution in [1.82, 2.24) is 0 Å². The van der Waals surface area contributed by atoms with Gasteiger partial charge in [-0.3, -0.25) is 4.31 Å². The van der Waals surface area contributed by atoms with Crippen molar-refractivity contribution in [2.45, 2.75) is 18.4 Å². The highest BCUT2D eigenvalue weighted by atomic mass is 32.2. The van der Waals surface area contributed by atoms with E-state index in [1.807, 2.05) is 6.92 Å². The highest BCUT2D eigenvalue weighted by molar-refractivity contribution is 7.92. The van der Waals surface area contributed by atoms with Gasteiger partial charge >= 0.3 is 0 Å². The summed E-state index contributed by atoms with van der Waals surface area (Å²) in [5.74, 6) is 0.268. The number of halogens is 1. The van der Waals surface area contributed by atoms with Crippen molar-refractivity contribution in [2.24, 2.45) is 0 Å². The van der Waals surface area contributed by atoms with Gasteiger partial charge in [0, 0.05) is 0 Å². The maximum atomic E-state index is 13.3. The third kappa shape index (κ3) is 4.28. The average molecular weight is 385 g/mol. The molecular weight excluding hydrogens is 365 g/mol. The van der Waals surface area contributed by atoms with E-state index in [0.717, 1.165) is 5.56 Å². The molecule has 0 aliphatic heterocycles. The summed E-state index contributed by atoms with van der Waals surface area (Å²) in [7, 11) is -2.25. The Kier molecular flexibility index (Phi) is 5.46. The van der Waals surface area contributed by atoms with Crippen LogP contribution in [-0.2, 0) is 16.6 Å². The number of ether oxygens (including phenoxy) is 1. The first-order chi connectivity index (χ1) is 12.9. The molecule has 0 spiro atoms. The fourth-order valence-electron chi connectivity index (χ4n) is 2.66. The molecule has 0 aromatic heterocycles. The lowest BCUT2D eigenvalue weighted by Crippen LogP contribution is -2.30. The third-order valence-corrected chi connectivity index (χ3v) is 6.00. The molecule has 140 valence electrons. The predicted molar refractivity (Wildman–Crippen MR) is 104 cm³/mol. The minimum absolute atomic E-state index is 0.0861. The Morgan fingerprint density at radius 2 is 1.48 bits per heavy atom. The normalized spacial score (nSPS) is 11.2. The lowest BCUT2D eigenvalue weighted by Gasteiger charge is -2.25. The molecule has 3 aromatic rings. The van der Waals surface area contributed by atoms with Crippen LogP contribution in [0.4, 0.5) is 10.1 Å². The maximum Gasteiger partial charge on any atom is 0.264 e. The third-order valence-electron chi connectivity index (χ3n) is 4.21. The van der Waals surface area contributed by atoms with Crippen LogP contribution in [0.1, 0.15) is 11.1 Å². The zero-order chi connectivity index (χ0) is 19.4. The number of sulfonamides is 1. The van der Waals surface area contributed by atoms with Crippen molar-refractivity contribution in [2.75, 3.05) is 11.4 Å². The van der Waals surface area contributed by atoms with Crippen LogP contribution in [0.2, 0.25) is 0 Å². The molecule has 0 saturated heterocycles. The molecule has 4 nitrogen and oxygen atoms in total. The molecule has 0 heterocycles. The van der Waals surface area contributed by atoms with Crippen LogP contribution in [0.3, 0.4) is 0 Å². The lowest BCUT2D eigenvalue weighted by atomic mass is 10.2. The number of rotatable bonds is 6. The molecule has 0 fully saturated rings. The van der Waals surface area contributed by atoms with E-state index in [2.05, 4.69) is 0 Å².